The summed E-state index contributed by atoms with van der Waals surface area (Å²) in [6.07, 6.45) is 3.88. The van der Waals surface area contributed by atoms with Crippen LogP contribution >= 0.6 is 0 Å². The maximum absolute atomic E-state index is 11.9. The largest absolute Gasteiger partial charge is 0.387 e. The van der Waals surface area contributed by atoms with Crippen molar-refractivity contribution in [1.82, 2.24) is 9.80 Å². The molecule has 2 fully saturated rings. The number of rotatable bonds is 3. The molecular weight excluding hydrogens is 272 g/mol. The van der Waals surface area contributed by atoms with Crippen molar-refractivity contribution in [1.29, 1.82) is 0 Å². The van der Waals surface area contributed by atoms with E-state index in [-0.39, 0.29) is 17.9 Å². The number of aliphatic hydroxyl groups is 2. The first kappa shape index (κ1) is 16.2. The predicted octanol–water partition coefficient (Wildman–Crippen LogP) is -0.0208. The molecule has 0 aliphatic carbocycles. The average Bonchev–Trinajstić information content (AvgIpc) is 2.53. The van der Waals surface area contributed by atoms with Gasteiger partial charge in [-0.2, -0.15) is 0 Å². The Labute approximate surface area is 125 Å². The lowest BCUT2D eigenvalue weighted by Crippen LogP contribution is -2.52. The van der Waals surface area contributed by atoms with Gasteiger partial charge >= 0.3 is 0 Å². The van der Waals surface area contributed by atoms with Gasteiger partial charge < -0.3 is 20.0 Å². The van der Waals surface area contributed by atoms with E-state index in [1.54, 1.807) is 4.90 Å². The van der Waals surface area contributed by atoms with Crippen LogP contribution in [0.2, 0.25) is 0 Å². The fraction of sp³-hybridized carbons (Fsp3) is 0.867. The van der Waals surface area contributed by atoms with Gasteiger partial charge in [0, 0.05) is 25.7 Å². The molecule has 2 amide bonds. The first-order valence-corrected chi connectivity index (χ1v) is 7.91. The Morgan fingerprint density at radius 1 is 1.14 bits per heavy atom. The summed E-state index contributed by atoms with van der Waals surface area (Å²) in [6.45, 7) is 3.10. The lowest BCUT2D eigenvalue weighted by molar-refractivity contribution is -0.144. The summed E-state index contributed by atoms with van der Waals surface area (Å²) < 4.78 is 0. The number of carbonyl (C=O) groups is 2. The molecular formula is C15H26N2O4. The third-order valence-corrected chi connectivity index (χ3v) is 4.76. The zero-order chi connectivity index (χ0) is 15.4. The fourth-order valence-electron chi connectivity index (χ4n) is 3.62. The van der Waals surface area contributed by atoms with Crippen molar-refractivity contribution in [2.75, 3.05) is 26.2 Å². The summed E-state index contributed by atoms with van der Waals surface area (Å²) in [4.78, 5) is 27.2. The van der Waals surface area contributed by atoms with Crippen LogP contribution in [-0.2, 0) is 9.59 Å². The minimum Gasteiger partial charge on any atom is -0.387 e. The highest BCUT2D eigenvalue weighted by Crippen LogP contribution is 2.30. The summed E-state index contributed by atoms with van der Waals surface area (Å²) in [7, 11) is 0. The number of piperidine rings is 2. The van der Waals surface area contributed by atoms with Crippen LogP contribution in [0, 0.1) is 5.92 Å². The van der Waals surface area contributed by atoms with Gasteiger partial charge in [0.1, 0.15) is 12.7 Å². The molecule has 2 heterocycles. The number of carbonyl (C=O) groups excluding carboxylic acids is 2. The van der Waals surface area contributed by atoms with Crippen molar-refractivity contribution in [3.63, 3.8) is 0 Å². The molecule has 2 aliphatic rings. The van der Waals surface area contributed by atoms with E-state index < -0.39 is 12.7 Å². The predicted molar refractivity (Wildman–Crippen MR) is 77.4 cm³/mol. The van der Waals surface area contributed by atoms with Gasteiger partial charge in [-0.3, -0.25) is 9.59 Å². The van der Waals surface area contributed by atoms with Crippen molar-refractivity contribution in [2.45, 2.75) is 51.2 Å². The number of likely N-dealkylation sites (tertiary alicyclic amines) is 2. The van der Waals surface area contributed by atoms with Gasteiger partial charge in [0.2, 0.25) is 5.91 Å². The number of nitrogens with zero attached hydrogens (tertiary/aromatic N) is 2. The standard InChI is InChI=1S/C15H26N2O4/c1-11(19)15(21)16-8-5-12(6-9-16)13-4-2-3-7-17(13)14(20)10-18/h11-13,18-19H,2-10H2,1H3. The van der Waals surface area contributed by atoms with E-state index in [4.69, 9.17) is 5.11 Å². The maximum Gasteiger partial charge on any atom is 0.251 e. The smallest absolute Gasteiger partial charge is 0.251 e. The van der Waals surface area contributed by atoms with Crippen molar-refractivity contribution in [3.8, 4) is 0 Å². The highest BCUT2D eigenvalue weighted by atomic mass is 16.3. The first-order valence-electron chi connectivity index (χ1n) is 7.91. The van der Waals surface area contributed by atoms with E-state index in [0.717, 1.165) is 38.6 Å². The average molecular weight is 298 g/mol. The Bertz CT molecular complexity index is 378. The fourth-order valence-corrected chi connectivity index (χ4v) is 3.62. The van der Waals surface area contributed by atoms with Crippen LogP contribution in [0.25, 0.3) is 0 Å². The summed E-state index contributed by atoms with van der Waals surface area (Å²) in [5, 5.41) is 18.5. The van der Waals surface area contributed by atoms with E-state index in [9.17, 15) is 14.7 Å². The van der Waals surface area contributed by atoms with Gasteiger partial charge in [-0.1, -0.05) is 0 Å². The van der Waals surface area contributed by atoms with Crippen LogP contribution in [0.15, 0.2) is 0 Å². The molecule has 0 bridgehead atoms. The summed E-state index contributed by atoms with van der Waals surface area (Å²) in [6, 6.07) is 0.196. The van der Waals surface area contributed by atoms with E-state index in [1.165, 1.54) is 6.92 Å². The quantitative estimate of drug-likeness (QED) is 0.767. The molecule has 2 aliphatic heterocycles. The van der Waals surface area contributed by atoms with Gasteiger partial charge in [-0.15, -0.1) is 0 Å². The molecule has 120 valence electrons. The number of amides is 2. The normalized spacial score (nSPS) is 25.8. The highest BCUT2D eigenvalue weighted by Gasteiger charge is 2.35. The Balaban J connectivity index is 1.93. The maximum atomic E-state index is 11.9. The van der Waals surface area contributed by atoms with Crippen molar-refractivity contribution in [3.05, 3.63) is 0 Å². The second-order valence-corrected chi connectivity index (χ2v) is 6.15. The molecule has 0 radical (unpaired) electrons. The second-order valence-electron chi connectivity index (χ2n) is 6.15. The van der Waals surface area contributed by atoms with Gasteiger partial charge in [0.25, 0.3) is 5.91 Å². The molecule has 21 heavy (non-hydrogen) atoms. The number of hydrogen-bond donors (Lipinski definition) is 2. The van der Waals surface area contributed by atoms with E-state index in [1.807, 2.05) is 4.90 Å². The molecule has 2 N–H and O–H groups in total. The Kier molecular flexibility index (Phi) is 5.58. The van der Waals surface area contributed by atoms with Crippen LogP contribution in [0.4, 0.5) is 0 Å². The summed E-state index contributed by atoms with van der Waals surface area (Å²) in [5.41, 5.74) is 0. The molecule has 2 atom stereocenters. The van der Waals surface area contributed by atoms with Crippen LogP contribution in [-0.4, -0.2) is 70.2 Å². The first-order chi connectivity index (χ1) is 10.0. The molecule has 0 saturated carbocycles. The molecule has 0 aromatic carbocycles. The molecule has 0 aromatic heterocycles. The van der Waals surface area contributed by atoms with Gasteiger partial charge in [0.15, 0.2) is 0 Å². The molecule has 6 nitrogen and oxygen atoms in total. The van der Waals surface area contributed by atoms with Gasteiger partial charge in [-0.25, -0.2) is 0 Å². The number of aliphatic hydroxyl groups excluding tert-OH is 2. The monoisotopic (exact) mass is 298 g/mol. The van der Waals surface area contributed by atoms with E-state index in [0.29, 0.717) is 19.0 Å². The second kappa shape index (κ2) is 7.22. The molecule has 0 aromatic rings. The van der Waals surface area contributed by atoms with E-state index >= 15 is 0 Å². The lowest BCUT2D eigenvalue weighted by atomic mass is 9.83. The van der Waals surface area contributed by atoms with E-state index in [2.05, 4.69) is 0 Å². The Hall–Kier alpha value is -1.14. The Morgan fingerprint density at radius 3 is 2.38 bits per heavy atom. The van der Waals surface area contributed by atoms with Gasteiger partial charge in [0.05, 0.1) is 0 Å². The topological polar surface area (TPSA) is 81.1 Å². The minimum absolute atomic E-state index is 0.179. The van der Waals surface area contributed by atoms with Gasteiger partial charge in [-0.05, 0) is 44.9 Å². The third-order valence-electron chi connectivity index (χ3n) is 4.76. The molecule has 2 saturated heterocycles. The molecule has 2 rings (SSSR count). The molecule has 0 spiro atoms. The number of hydrogen-bond acceptors (Lipinski definition) is 4. The minimum atomic E-state index is -0.941. The summed E-state index contributed by atoms with van der Waals surface area (Å²) in [5.74, 6) is 0.00132. The third kappa shape index (κ3) is 3.74. The van der Waals surface area contributed by atoms with Crippen LogP contribution < -0.4 is 0 Å². The molecule has 6 heteroatoms. The lowest BCUT2D eigenvalue weighted by Gasteiger charge is -2.43. The van der Waals surface area contributed by atoms with Crippen molar-refractivity contribution >= 4 is 11.8 Å². The summed E-state index contributed by atoms with van der Waals surface area (Å²) >= 11 is 0. The highest BCUT2D eigenvalue weighted by molar-refractivity contribution is 5.80. The molecule has 2 unspecified atom stereocenters. The van der Waals surface area contributed by atoms with Crippen molar-refractivity contribution < 1.29 is 19.8 Å². The van der Waals surface area contributed by atoms with Crippen LogP contribution in [0.5, 0.6) is 0 Å². The zero-order valence-corrected chi connectivity index (χ0v) is 12.7. The Morgan fingerprint density at radius 2 is 1.81 bits per heavy atom. The zero-order valence-electron chi connectivity index (χ0n) is 12.7. The van der Waals surface area contributed by atoms with Crippen LogP contribution in [0.3, 0.4) is 0 Å². The van der Waals surface area contributed by atoms with Crippen molar-refractivity contribution in [2.24, 2.45) is 5.92 Å². The SMILES string of the molecule is CC(O)C(=O)N1CCC(C2CCCCN2C(=O)CO)CC1. The van der Waals surface area contributed by atoms with Crippen LogP contribution in [0.1, 0.15) is 39.0 Å².